The first-order chi connectivity index (χ1) is 8.08. The van der Waals surface area contributed by atoms with Crippen LogP contribution in [0.5, 0.6) is 0 Å². The van der Waals surface area contributed by atoms with E-state index in [-0.39, 0.29) is 18.2 Å². The number of nitrogens with one attached hydrogen (secondary N) is 2. The van der Waals surface area contributed by atoms with E-state index >= 15 is 0 Å². The van der Waals surface area contributed by atoms with E-state index in [1.54, 1.807) is 23.9 Å². The van der Waals surface area contributed by atoms with Crippen LogP contribution in [0.25, 0.3) is 0 Å². The molecule has 1 heterocycles. The highest BCUT2D eigenvalue weighted by Crippen LogP contribution is 2.10. The molecule has 0 spiro atoms. The Kier molecular flexibility index (Phi) is 4.56. The minimum atomic E-state index is -0.215. The molecular weight excluding hydrogens is 220 g/mol. The molecule has 0 aromatic carbocycles. The molecule has 0 fully saturated rings. The van der Waals surface area contributed by atoms with Crippen LogP contribution in [-0.4, -0.2) is 30.0 Å². The Morgan fingerprint density at radius 1 is 1.47 bits per heavy atom. The lowest BCUT2D eigenvalue weighted by Crippen LogP contribution is -2.30. The van der Waals surface area contributed by atoms with Crippen LogP contribution in [0.2, 0.25) is 0 Å². The zero-order valence-corrected chi connectivity index (χ0v) is 10.1. The summed E-state index contributed by atoms with van der Waals surface area (Å²) >= 11 is 0. The molecule has 0 saturated heterocycles. The Bertz CT molecular complexity index is 412. The minimum Gasteiger partial charge on any atom is -0.397 e. The number of nitrogens with zero attached hydrogens (tertiary/aromatic N) is 1. The molecule has 1 aromatic rings. The fraction of sp³-hybridized carbons (Fsp3) is 0.455. The normalized spacial score (nSPS) is 10.0. The van der Waals surface area contributed by atoms with E-state index in [0.717, 1.165) is 0 Å². The average Bonchev–Trinajstić information content (AvgIpc) is 2.70. The summed E-state index contributed by atoms with van der Waals surface area (Å²) in [4.78, 5) is 22.8. The molecule has 0 bridgehead atoms. The second-order valence-corrected chi connectivity index (χ2v) is 3.62. The van der Waals surface area contributed by atoms with Crippen LogP contribution in [0.4, 0.5) is 5.69 Å². The first kappa shape index (κ1) is 13.1. The van der Waals surface area contributed by atoms with Gasteiger partial charge in [-0.3, -0.25) is 9.59 Å². The van der Waals surface area contributed by atoms with Gasteiger partial charge in [-0.15, -0.1) is 0 Å². The number of aryl methyl sites for hydroxylation is 1. The van der Waals surface area contributed by atoms with Gasteiger partial charge in [-0.2, -0.15) is 0 Å². The van der Waals surface area contributed by atoms with Crippen LogP contribution >= 0.6 is 0 Å². The van der Waals surface area contributed by atoms with E-state index in [4.69, 9.17) is 5.73 Å². The third-order valence-electron chi connectivity index (χ3n) is 2.41. The van der Waals surface area contributed by atoms with Crippen molar-refractivity contribution in [3.05, 3.63) is 18.0 Å². The maximum Gasteiger partial charge on any atom is 0.267 e. The van der Waals surface area contributed by atoms with Gasteiger partial charge in [-0.05, 0) is 13.0 Å². The third kappa shape index (κ3) is 3.51. The van der Waals surface area contributed by atoms with Gasteiger partial charge >= 0.3 is 0 Å². The standard InChI is InChI=1S/C11H18N4O2/c1-3-15-7-8(12)6-9(15)11(17)14-5-4-10(16)13-2/h6-7H,3-5,12H2,1-2H3,(H,13,16)(H,14,17). The van der Waals surface area contributed by atoms with Crippen LogP contribution in [0.3, 0.4) is 0 Å². The number of nitrogens with two attached hydrogens (primary N) is 1. The van der Waals surface area contributed by atoms with Crippen molar-refractivity contribution in [3.8, 4) is 0 Å². The molecule has 0 atom stereocenters. The van der Waals surface area contributed by atoms with E-state index in [1.807, 2.05) is 6.92 Å². The molecule has 17 heavy (non-hydrogen) atoms. The zero-order chi connectivity index (χ0) is 12.8. The third-order valence-corrected chi connectivity index (χ3v) is 2.41. The smallest absolute Gasteiger partial charge is 0.267 e. The number of hydrogen-bond donors (Lipinski definition) is 3. The zero-order valence-electron chi connectivity index (χ0n) is 10.1. The van der Waals surface area contributed by atoms with Gasteiger partial charge in [0.2, 0.25) is 5.91 Å². The van der Waals surface area contributed by atoms with E-state index in [1.165, 1.54) is 0 Å². The fourth-order valence-corrected chi connectivity index (χ4v) is 1.49. The molecule has 0 aliphatic heterocycles. The first-order valence-corrected chi connectivity index (χ1v) is 5.53. The van der Waals surface area contributed by atoms with Crippen LogP contribution in [0.1, 0.15) is 23.8 Å². The van der Waals surface area contributed by atoms with E-state index in [9.17, 15) is 9.59 Å². The Morgan fingerprint density at radius 2 is 2.18 bits per heavy atom. The van der Waals surface area contributed by atoms with Crippen molar-refractivity contribution in [1.29, 1.82) is 0 Å². The maximum atomic E-state index is 11.8. The van der Waals surface area contributed by atoms with Crippen LogP contribution in [0.15, 0.2) is 12.3 Å². The number of aromatic nitrogens is 1. The van der Waals surface area contributed by atoms with Crippen LogP contribution in [-0.2, 0) is 11.3 Å². The summed E-state index contributed by atoms with van der Waals surface area (Å²) in [5.41, 5.74) is 6.70. The molecule has 1 rings (SSSR count). The van der Waals surface area contributed by atoms with Gasteiger partial charge in [-0.25, -0.2) is 0 Å². The monoisotopic (exact) mass is 238 g/mol. The number of amides is 2. The highest BCUT2D eigenvalue weighted by molar-refractivity contribution is 5.94. The van der Waals surface area contributed by atoms with Crippen molar-refractivity contribution < 1.29 is 9.59 Å². The molecule has 6 heteroatoms. The lowest BCUT2D eigenvalue weighted by Gasteiger charge is -2.07. The second kappa shape index (κ2) is 5.93. The summed E-state index contributed by atoms with van der Waals surface area (Å²) in [6.45, 7) is 2.92. The van der Waals surface area contributed by atoms with Crippen molar-refractivity contribution in [2.45, 2.75) is 19.9 Å². The molecule has 0 aliphatic rings. The molecule has 6 nitrogen and oxygen atoms in total. The molecule has 2 amide bonds. The molecule has 0 unspecified atom stereocenters. The number of carbonyl (C=O) groups is 2. The van der Waals surface area contributed by atoms with Crippen molar-refractivity contribution in [2.75, 3.05) is 19.3 Å². The number of hydrogen-bond acceptors (Lipinski definition) is 3. The second-order valence-electron chi connectivity index (χ2n) is 3.62. The topological polar surface area (TPSA) is 89.2 Å². The predicted molar refractivity (Wildman–Crippen MR) is 65.5 cm³/mol. The van der Waals surface area contributed by atoms with Crippen molar-refractivity contribution in [2.24, 2.45) is 0 Å². The summed E-state index contributed by atoms with van der Waals surface area (Å²) in [7, 11) is 1.56. The lowest BCUT2D eigenvalue weighted by molar-refractivity contribution is -0.120. The maximum absolute atomic E-state index is 11.8. The molecule has 4 N–H and O–H groups in total. The Balaban J connectivity index is 2.54. The van der Waals surface area contributed by atoms with Gasteiger partial charge in [0, 0.05) is 32.8 Å². The summed E-state index contributed by atoms with van der Waals surface area (Å²) < 4.78 is 1.77. The van der Waals surface area contributed by atoms with Gasteiger partial charge in [0.05, 0.1) is 5.69 Å². The van der Waals surface area contributed by atoms with Crippen molar-refractivity contribution in [3.63, 3.8) is 0 Å². The van der Waals surface area contributed by atoms with Gasteiger partial charge in [0.25, 0.3) is 5.91 Å². The number of carbonyl (C=O) groups excluding carboxylic acids is 2. The fourth-order valence-electron chi connectivity index (χ4n) is 1.49. The SMILES string of the molecule is CCn1cc(N)cc1C(=O)NCCC(=O)NC. The number of nitrogen functional groups attached to an aromatic ring is 1. The predicted octanol–water partition coefficient (Wildman–Crippen LogP) is -0.0439. The summed E-state index contributed by atoms with van der Waals surface area (Å²) in [5, 5.41) is 5.17. The largest absolute Gasteiger partial charge is 0.397 e. The highest BCUT2D eigenvalue weighted by atomic mass is 16.2. The number of rotatable bonds is 5. The highest BCUT2D eigenvalue weighted by Gasteiger charge is 2.11. The van der Waals surface area contributed by atoms with Gasteiger partial charge in [0.15, 0.2) is 0 Å². The van der Waals surface area contributed by atoms with Crippen molar-refractivity contribution in [1.82, 2.24) is 15.2 Å². The summed E-state index contributed by atoms with van der Waals surface area (Å²) in [6.07, 6.45) is 1.98. The molecule has 0 saturated carbocycles. The Morgan fingerprint density at radius 3 is 2.76 bits per heavy atom. The average molecular weight is 238 g/mol. The molecule has 0 radical (unpaired) electrons. The van der Waals surface area contributed by atoms with Gasteiger partial charge in [0.1, 0.15) is 5.69 Å². The Labute approximate surface area is 100 Å². The van der Waals surface area contributed by atoms with Gasteiger partial charge in [-0.1, -0.05) is 0 Å². The molecule has 1 aromatic heterocycles. The molecular formula is C11H18N4O2. The van der Waals surface area contributed by atoms with E-state index < -0.39 is 0 Å². The quantitative estimate of drug-likeness (QED) is 0.672. The lowest BCUT2D eigenvalue weighted by atomic mass is 10.3. The minimum absolute atomic E-state index is 0.101. The molecule has 94 valence electrons. The van der Waals surface area contributed by atoms with Gasteiger partial charge < -0.3 is 20.9 Å². The summed E-state index contributed by atoms with van der Waals surface area (Å²) in [6, 6.07) is 1.62. The van der Waals surface area contributed by atoms with Crippen LogP contribution in [0, 0.1) is 0 Å². The summed E-state index contributed by atoms with van der Waals surface area (Å²) in [5.74, 6) is -0.317. The first-order valence-electron chi connectivity index (χ1n) is 5.53. The Hall–Kier alpha value is -1.98. The number of anilines is 1. The van der Waals surface area contributed by atoms with Crippen LogP contribution < -0.4 is 16.4 Å². The van der Waals surface area contributed by atoms with Crippen molar-refractivity contribution >= 4 is 17.5 Å². The van der Waals surface area contributed by atoms with E-state index in [2.05, 4.69) is 10.6 Å². The van der Waals surface area contributed by atoms with E-state index in [0.29, 0.717) is 24.5 Å². The molecule has 0 aliphatic carbocycles.